The van der Waals surface area contributed by atoms with E-state index < -0.39 is 23.4 Å². The van der Waals surface area contributed by atoms with E-state index in [2.05, 4.69) is 5.32 Å². The van der Waals surface area contributed by atoms with Gasteiger partial charge in [-0.05, 0) is 24.1 Å². The Labute approximate surface area is 178 Å². The lowest BCUT2D eigenvalue weighted by molar-refractivity contribution is -0.383. The number of rotatable bonds is 9. The first-order valence-electron chi connectivity index (χ1n) is 8.93. The molecule has 0 spiro atoms. The molecule has 0 aliphatic rings. The van der Waals surface area contributed by atoms with E-state index in [4.69, 9.17) is 25.8 Å². The Hall–Kier alpha value is -3.33. The molecule has 2 aromatic carbocycles. The number of hydrogen-bond donors (Lipinski definition) is 1. The molecule has 0 heterocycles. The van der Waals surface area contributed by atoms with E-state index in [1.165, 1.54) is 43.5 Å². The van der Waals surface area contributed by atoms with Gasteiger partial charge >= 0.3 is 5.97 Å². The number of ether oxygens (including phenoxy) is 3. The zero-order valence-corrected chi connectivity index (χ0v) is 17.4. The lowest BCUT2D eigenvalue weighted by atomic mass is 10.2. The normalized spacial score (nSPS) is 10.4. The van der Waals surface area contributed by atoms with Gasteiger partial charge in [0, 0.05) is 6.07 Å². The van der Waals surface area contributed by atoms with Gasteiger partial charge in [0.25, 0.3) is 11.6 Å². The molecule has 1 amide bonds. The van der Waals surface area contributed by atoms with Crippen molar-refractivity contribution in [3.63, 3.8) is 0 Å². The van der Waals surface area contributed by atoms with Crippen LogP contribution in [0.2, 0.25) is 5.02 Å². The minimum atomic E-state index is -0.816. The van der Waals surface area contributed by atoms with Crippen LogP contribution in [0.25, 0.3) is 0 Å². The average molecular weight is 437 g/mol. The second kappa shape index (κ2) is 10.4. The summed E-state index contributed by atoms with van der Waals surface area (Å²) in [5.41, 5.74) is -0.210. The van der Waals surface area contributed by atoms with Crippen molar-refractivity contribution >= 4 is 34.9 Å². The van der Waals surface area contributed by atoms with Gasteiger partial charge in [-0.15, -0.1) is 0 Å². The van der Waals surface area contributed by atoms with Crippen molar-refractivity contribution in [1.29, 1.82) is 0 Å². The number of nitrogens with zero attached hydrogens (tertiary/aromatic N) is 1. The van der Waals surface area contributed by atoms with Gasteiger partial charge in [0.1, 0.15) is 5.69 Å². The highest BCUT2D eigenvalue weighted by Crippen LogP contribution is 2.37. The molecule has 0 unspecified atom stereocenters. The van der Waals surface area contributed by atoms with Gasteiger partial charge < -0.3 is 19.5 Å². The van der Waals surface area contributed by atoms with Crippen LogP contribution in [0.4, 0.5) is 11.4 Å². The molecule has 0 aliphatic carbocycles. The fourth-order valence-electron chi connectivity index (χ4n) is 2.37. The summed E-state index contributed by atoms with van der Waals surface area (Å²) < 4.78 is 15.8. The predicted molar refractivity (Wildman–Crippen MR) is 110 cm³/mol. The Morgan fingerprint density at radius 1 is 1.23 bits per heavy atom. The molecule has 1 N–H and O–H groups in total. The molecular formula is C20H21ClN2O7. The first kappa shape index (κ1) is 23.0. The number of esters is 1. The number of hydrogen-bond acceptors (Lipinski definition) is 7. The molecule has 30 heavy (non-hydrogen) atoms. The number of anilines is 1. The monoisotopic (exact) mass is 436 g/mol. The van der Waals surface area contributed by atoms with Crippen LogP contribution < -0.4 is 14.8 Å². The summed E-state index contributed by atoms with van der Waals surface area (Å²) >= 11 is 6.20. The van der Waals surface area contributed by atoms with Crippen LogP contribution >= 0.6 is 11.6 Å². The number of para-hydroxylation sites is 2. The van der Waals surface area contributed by atoms with Crippen molar-refractivity contribution < 1.29 is 28.7 Å². The molecular weight excluding hydrogens is 416 g/mol. The predicted octanol–water partition coefficient (Wildman–Crippen LogP) is 4.09. The number of carbonyl (C=O) groups excluding carboxylic acids is 2. The van der Waals surface area contributed by atoms with Crippen LogP contribution in [-0.2, 0) is 9.53 Å². The van der Waals surface area contributed by atoms with Gasteiger partial charge in [0.15, 0.2) is 18.1 Å². The molecule has 10 heteroatoms. The zero-order chi connectivity index (χ0) is 22.3. The lowest BCUT2D eigenvalue weighted by Gasteiger charge is -2.15. The number of methoxy groups -OCH3 is 1. The fourth-order valence-corrected chi connectivity index (χ4v) is 2.63. The van der Waals surface area contributed by atoms with Crippen LogP contribution in [0.3, 0.4) is 0 Å². The van der Waals surface area contributed by atoms with Crippen LogP contribution in [0.5, 0.6) is 11.5 Å². The van der Waals surface area contributed by atoms with E-state index in [9.17, 15) is 19.7 Å². The molecule has 2 rings (SSSR count). The minimum Gasteiger partial charge on any atom is -0.493 e. The minimum absolute atomic E-state index is 0.0000770. The Bertz CT molecular complexity index is 947. The summed E-state index contributed by atoms with van der Waals surface area (Å²) in [6.07, 6.45) is 0. The van der Waals surface area contributed by atoms with Crippen LogP contribution in [0.15, 0.2) is 36.4 Å². The van der Waals surface area contributed by atoms with Crippen LogP contribution in [0, 0.1) is 16.0 Å². The second-order valence-electron chi connectivity index (χ2n) is 6.59. The molecule has 9 nitrogen and oxygen atoms in total. The molecule has 0 fully saturated rings. The van der Waals surface area contributed by atoms with E-state index in [1.807, 2.05) is 13.8 Å². The molecule has 2 aromatic rings. The lowest BCUT2D eigenvalue weighted by Crippen LogP contribution is -2.21. The highest BCUT2D eigenvalue weighted by Gasteiger charge is 2.19. The second-order valence-corrected chi connectivity index (χ2v) is 7.00. The maximum Gasteiger partial charge on any atom is 0.338 e. The van der Waals surface area contributed by atoms with Gasteiger partial charge in [-0.1, -0.05) is 37.6 Å². The molecule has 0 atom stereocenters. The van der Waals surface area contributed by atoms with Gasteiger partial charge in [0.05, 0.1) is 29.2 Å². The summed E-state index contributed by atoms with van der Waals surface area (Å²) in [5, 5.41) is 13.5. The number of nitro groups is 1. The van der Waals surface area contributed by atoms with Gasteiger partial charge in [-0.2, -0.15) is 0 Å². The van der Waals surface area contributed by atoms with E-state index in [-0.39, 0.29) is 33.6 Å². The van der Waals surface area contributed by atoms with E-state index in [0.29, 0.717) is 12.4 Å². The number of nitro benzene ring substituents is 1. The standard InChI is InChI=1S/C20H21ClN2O7/c1-12(2)10-29-19-14(21)8-13(9-17(19)28-3)20(25)30-11-18(24)22-15-6-4-5-7-16(15)23(26)27/h4-9,12H,10-11H2,1-3H3,(H,22,24). The molecule has 0 aliphatic heterocycles. The summed E-state index contributed by atoms with van der Waals surface area (Å²) in [6.45, 7) is 3.71. The van der Waals surface area contributed by atoms with Gasteiger partial charge in [0.2, 0.25) is 0 Å². The Kier molecular flexibility index (Phi) is 7.99. The summed E-state index contributed by atoms with van der Waals surface area (Å²) in [6, 6.07) is 8.37. The third-order valence-electron chi connectivity index (χ3n) is 3.74. The Morgan fingerprint density at radius 3 is 2.57 bits per heavy atom. The average Bonchev–Trinajstić information content (AvgIpc) is 2.70. The van der Waals surface area contributed by atoms with Crippen molar-refractivity contribution in [1.82, 2.24) is 0 Å². The first-order chi connectivity index (χ1) is 14.2. The summed E-state index contributed by atoms with van der Waals surface area (Å²) in [7, 11) is 1.41. The van der Waals surface area contributed by atoms with Crippen molar-refractivity contribution in [3.8, 4) is 11.5 Å². The maximum absolute atomic E-state index is 12.3. The first-order valence-corrected chi connectivity index (χ1v) is 9.31. The van der Waals surface area contributed by atoms with Crippen molar-refractivity contribution in [2.24, 2.45) is 5.92 Å². The Morgan fingerprint density at radius 2 is 1.93 bits per heavy atom. The summed E-state index contributed by atoms with van der Waals surface area (Å²) in [4.78, 5) is 34.7. The third kappa shape index (κ3) is 6.08. The topological polar surface area (TPSA) is 117 Å². The largest absolute Gasteiger partial charge is 0.493 e. The Balaban J connectivity index is 2.05. The highest BCUT2D eigenvalue weighted by molar-refractivity contribution is 6.32. The zero-order valence-electron chi connectivity index (χ0n) is 16.6. The van der Waals surface area contributed by atoms with Gasteiger partial charge in [-0.25, -0.2) is 4.79 Å². The smallest absolute Gasteiger partial charge is 0.338 e. The number of carbonyl (C=O) groups is 2. The third-order valence-corrected chi connectivity index (χ3v) is 4.02. The number of nitrogens with one attached hydrogen (secondary N) is 1. The fraction of sp³-hybridized carbons (Fsp3) is 0.300. The molecule has 0 saturated heterocycles. The van der Waals surface area contributed by atoms with Crippen molar-refractivity contribution in [2.45, 2.75) is 13.8 Å². The molecule has 160 valence electrons. The molecule has 0 radical (unpaired) electrons. The van der Waals surface area contributed by atoms with E-state index >= 15 is 0 Å². The van der Waals surface area contributed by atoms with Crippen LogP contribution in [0.1, 0.15) is 24.2 Å². The van der Waals surface area contributed by atoms with Crippen molar-refractivity contribution in [2.75, 3.05) is 25.6 Å². The molecule has 0 bridgehead atoms. The van der Waals surface area contributed by atoms with E-state index in [0.717, 1.165) is 0 Å². The highest BCUT2D eigenvalue weighted by atomic mass is 35.5. The number of benzene rings is 2. The SMILES string of the molecule is COc1cc(C(=O)OCC(=O)Nc2ccccc2[N+](=O)[O-])cc(Cl)c1OCC(C)C. The maximum atomic E-state index is 12.3. The quantitative estimate of drug-likeness (QED) is 0.357. The van der Waals surface area contributed by atoms with Crippen molar-refractivity contribution in [3.05, 3.63) is 57.1 Å². The number of halogens is 1. The number of amides is 1. The molecule has 0 aromatic heterocycles. The van der Waals surface area contributed by atoms with E-state index in [1.54, 1.807) is 0 Å². The van der Waals surface area contributed by atoms with Gasteiger partial charge in [-0.3, -0.25) is 14.9 Å². The summed E-state index contributed by atoms with van der Waals surface area (Å²) in [5.74, 6) is -0.733. The van der Waals surface area contributed by atoms with Crippen LogP contribution in [-0.4, -0.2) is 37.1 Å². The molecule has 0 saturated carbocycles.